The molecule has 21 heavy (non-hydrogen) atoms. The van der Waals surface area contributed by atoms with Crippen molar-refractivity contribution in [3.63, 3.8) is 0 Å². The second kappa shape index (κ2) is 8.06. The van der Waals surface area contributed by atoms with E-state index in [2.05, 4.69) is 5.32 Å². The number of nitrogens with one attached hydrogen (secondary N) is 1. The van der Waals surface area contributed by atoms with E-state index in [0.717, 1.165) is 17.3 Å². The molecule has 4 nitrogen and oxygen atoms in total. The maximum Gasteiger partial charge on any atom is 0.148 e. The van der Waals surface area contributed by atoms with E-state index in [9.17, 15) is 8.78 Å². The van der Waals surface area contributed by atoms with Crippen LogP contribution in [0.25, 0.3) is 0 Å². The Kier molecular flexibility index (Phi) is 6.42. The maximum absolute atomic E-state index is 13.8. The molecule has 0 saturated carbocycles. The van der Waals surface area contributed by atoms with Crippen LogP contribution in [0.3, 0.4) is 0 Å². The number of hydrogen-bond acceptors (Lipinski definition) is 4. The first-order valence-electron chi connectivity index (χ1n) is 6.44. The molecule has 114 valence electrons. The first kappa shape index (κ1) is 16.7. The minimum atomic E-state index is -0.833. The molecule has 0 saturated heterocycles. The van der Waals surface area contributed by atoms with Crippen LogP contribution in [0.5, 0.6) is 0 Å². The Morgan fingerprint density at radius 1 is 1.38 bits per heavy atom. The Morgan fingerprint density at radius 3 is 2.67 bits per heavy atom. The van der Waals surface area contributed by atoms with Crippen molar-refractivity contribution in [1.82, 2.24) is 5.32 Å². The lowest BCUT2D eigenvalue weighted by molar-refractivity contribution is 0.615. The summed E-state index contributed by atoms with van der Waals surface area (Å²) in [6.45, 7) is 2.38. The predicted octanol–water partition coefficient (Wildman–Crippen LogP) is 1.77. The summed E-state index contributed by atoms with van der Waals surface area (Å²) < 4.78 is 27.4. The largest absolute Gasteiger partial charge is 0.402 e. The van der Waals surface area contributed by atoms with Crippen molar-refractivity contribution >= 4 is 0 Å². The van der Waals surface area contributed by atoms with E-state index >= 15 is 0 Å². The maximum atomic E-state index is 13.8. The van der Waals surface area contributed by atoms with E-state index in [-0.39, 0.29) is 12.1 Å². The smallest absolute Gasteiger partial charge is 0.148 e. The summed E-state index contributed by atoms with van der Waals surface area (Å²) >= 11 is 0. The highest BCUT2D eigenvalue weighted by Crippen LogP contribution is 2.21. The molecule has 0 aromatic rings. The summed E-state index contributed by atoms with van der Waals surface area (Å²) in [5, 5.41) is 2.96. The van der Waals surface area contributed by atoms with Crippen molar-refractivity contribution in [2.45, 2.75) is 6.92 Å². The van der Waals surface area contributed by atoms with Crippen LogP contribution < -0.4 is 22.5 Å². The zero-order valence-electron chi connectivity index (χ0n) is 11.9. The van der Waals surface area contributed by atoms with Crippen LogP contribution in [0.15, 0.2) is 70.8 Å². The van der Waals surface area contributed by atoms with Gasteiger partial charge in [-0.05, 0) is 30.7 Å². The van der Waals surface area contributed by atoms with Crippen molar-refractivity contribution < 1.29 is 8.78 Å². The summed E-state index contributed by atoms with van der Waals surface area (Å²) in [7, 11) is 0. The Morgan fingerprint density at radius 2 is 2.10 bits per heavy atom. The Labute approximate surface area is 123 Å². The molecule has 0 fully saturated rings. The van der Waals surface area contributed by atoms with Gasteiger partial charge in [0.1, 0.15) is 17.5 Å². The standard InChI is InChI=1S/C15H20F2N4/c1-2-3-13(16)12(14(17)8-19)5-4-10-6-11(7-18)15(20)21-9-10/h2-6,8,21H,7,9,18-20H2,1H3/b3-2-,5-4?,13-12+,14-8-. The number of dihydropyridines is 1. The zero-order chi connectivity index (χ0) is 15.8. The molecule has 1 heterocycles. The molecule has 7 N–H and O–H groups in total. The Balaban J connectivity index is 3.09. The van der Waals surface area contributed by atoms with Crippen LogP contribution >= 0.6 is 0 Å². The van der Waals surface area contributed by atoms with Gasteiger partial charge in [0.05, 0.1) is 0 Å². The van der Waals surface area contributed by atoms with Gasteiger partial charge in [-0.15, -0.1) is 0 Å². The molecule has 0 bridgehead atoms. The lowest BCUT2D eigenvalue weighted by Crippen LogP contribution is -2.29. The van der Waals surface area contributed by atoms with Crippen molar-refractivity contribution in [3.8, 4) is 0 Å². The topological polar surface area (TPSA) is 90.1 Å². The lowest BCUT2D eigenvalue weighted by atomic mass is 10.1. The average Bonchev–Trinajstić information content (AvgIpc) is 2.48. The SMILES string of the molecule is C\C=C/C(F)=C(C=CC1=CC(CN)=C(N)NC1)\C(F)=C\N. The number of nitrogens with two attached hydrogens (primary N) is 3. The number of rotatable bonds is 5. The third kappa shape index (κ3) is 4.61. The molecule has 0 spiro atoms. The van der Waals surface area contributed by atoms with Crippen molar-refractivity contribution in [2.24, 2.45) is 17.2 Å². The van der Waals surface area contributed by atoms with E-state index in [4.69, 9.17) is 17.2 Å². The molecule has 0 aromatic heterocycles. The van der Waals surface area contributed by atoms with Gasteiger partial charge in [-0.1, -0.05) is 12.2 Å². The first-order valence-corrected chi connectivity index (χ1v) is 6.44. The van der Waals surface area contributed by atoms with E-state index in [1.807, 2.05) is 0 Å². The van der Waals surface area contributed by atoms with Gasteiger partial charge in [0.2, 0.25) is 0 Å². The summed E-state index contributed by atoms with van der Waals surface area (Å²) in [5.41, 5.74) is 17.7. The monoisotopic (exact) mass is 294 g/mol. The van der Waals surface area contributed by atoms with Crippen LogP contribution in [-0.4, -0.2) is 13.1 Å². The van der Waals surface area contributed by atoms with Crippen molar-refractivity contribution in [3.05, 3.63) is 70.8 Å². The second-order valence-electron chi connectivity index (χ2n) is 4.33. The van der Waals surface area contributed by atoms with Crippen LogP contribution in [0, 0.1) is 0 Å². The molecule has 0 atom stereocenters. The van der Waals surface area contributed by atoms with Gasteiger partial charge in [-0.3, -0.25) is 0 Å². The molecular formula is C15H20F2N4. The molecule has 0 aromatic carbocycles. The van der Waals surface area contributed by atoms with E-state index in [1.165, 1.54) is 18.2 Å². The van der Waals surface area contributed by atoms with E-state index in [1.54, 1.807) is 19.1 Å². The first-order chi connectivity index (χ1) is 10.0. The van der Waals surface area contributed by atoms with Crippen LogP contribution in [0.2, 0.25) is 0 Å². The summed E-state index contributed by atoms with van der Waals surface area (Å²) in [4.78, 5) is 0. The molecule has 0 radical (unpaired) electrons. The summed E-state index contributed by atoms with van der Waals surface area (Å²) in [6.07, 6.45) is 8.08. The molecule has 0 amide bonds. The van der Waals surface area contributed by atoms with Crippen LogP contribution in [-0.2, 0) is 0 Å². The average molecular weight is 294 g/mol. The van der Waals surface area contributed by atoms with Gasteiger partial charge >= 0.3 is 0 Å². The summed E-state index contributed by atoms with van der Waals surface area (Å²) in [6, 6.07) is 0. The summed E-state index contributed by atoms with van der Waals surface area (Å²) in [5.74, 6) is -1.02. The minimum Gasteiger partial charge on any atom is -0.402 e. The van der Waals surface area contributed by atoms with Gasteiger partial charge in [-0.25, -0.2) is 8.78 Å². The van der Waals surface area contributed by atoms with E-state index < -0.39 is 11.7 Å². The zero-order valence-corrected chi connectivity index (χ0v) is 11.9. The third-order valence-electron chi connectivity index (χ3n) is 2.85. The number of halogens is 2. The van der Waals surface area contributed by atoms with E-state index in [0.29, 0.717) is 12.4 Å². The molecule has 1 rings (SSSR count). The Bertz CT molecular complexity index is 566. The van der Waals surface area contributed by atoms with Crippen LogP contribution in [0.1, 0.15) is 6.92 Å². The van der Waals surface area contributed by atoms with Crippen molar-refractivity contribution in [2.75, 3.05) is 13.1 Å². The predicted molar refractivity (Wildman–Crippen MR) is 81.8 cm³/mol. The highest BCUT2D eigenvalue weighted by atomic mass is 19.1. The van der Waals surface area contributed by atoms with Gasteiger partial charge in [0.25, 0.3) is 0 Å². The molecule has 0 aliphatic carbocycles. The molecule has 1 aliphatic heterocycles. The highest BCUT2D eigenvalue weighted by Gasteiger charge is 2.09. The fourth-order valence-electron chi connectivity index (χ4n) is 1.73. The van der Waals surface area contributed by atoms with Gasteiger partial charge in [0.15, 0.2) is 0 Å². The van der Waals surface area contributed by atoms with Gasteiger partial charge in [-0.2, -0.15) is 0 Å². The molecule has 1 aliphatic rings. The molecule has 0 unspecified atom stereocenters. The van der Waals surface area contributed by atoms with Gasteiger partial charge < -0.3 is 22.5 Å². The lowest BCUT2D eigenvalue weighted by Gasteiger charge is -2.16. The second-order valence-corrected chi connectivity index (χ2v) is 4.33. The highest BCUT2D eigenvalue weighted by molar-refractivity contribution is 5.45. The fraction of sp³-hybridized carbons (Fsp3) is 0.200. The third-order valence-corrected chi connectivity index (χ3v) is 2.85. The molecule has 6 heteroatoms. The fourth-order valence-corrected chi connectivity index (χ4v) is 1.73. The van der Waals surface area contributed by atoms with Crippen molar-refractivity contribution in [1.29, 1.82) is 0 Å². The quantitative estimate of drug-likeness (QED) is 0.582. The Hall–Kier alpha value is -2.34. The number of allylic oxidation sites excluding steroid dienone is 6. The normalized spacial score (nSPS) is 18.1. The van der Waals surface area contributed by atoms with Gasteiger partial charge in [0, 0.05) is 30.4 Å². The molecular weight excluding hydrogens is 274 g/mol. The number of hydrogen-bond donors (Lipinski definition) is 4. The van der Waals surface area contributed by atoms with Crippen LogP contribution in [0.4, 0.5) is 8.78 Å². The minimum absolute atomic E-state index is 0.215.